The van der Waals surface area contributed by atoms with E-state index >= 15 is 0 Å². The zero-order chi connectivity index (χ0) is 17.9. The molecule has 0 saturated carbocycles. The van der Waals surface area contributed by atoms with E-state index < -0.39 is 18.0 Å². The molecule has 0 radical (unpaired) electrons. The molecule has 8 heteroatoms. The molecule has 0 aliphatic rings. The van der Waals surface area contributed by atoms with Crippen LogP contribution in [0.4, 0.5) is 0 Å². The van der Waals surface area contributed by atoms with Crippen molar-refractivity contribution in [2.75, 3.05) is 33.0 Å². The molecule has 0 aliphatic heterocycles. The molecule has 0 heterocycles. The van der Waals surface area contributed by atoms with Crippen LogP contribution in [0.3, 0.4) is 0 Å². The number of carbonyl (C=O) groups excluding carboxylic acids is 2. The van der Waals surface area contributed by atoms with Gasteiger partial charge in [0.2, 0.25) is 0 Å². The van der Waals surface area contributed by atoms with Crippen LogP contribution in [0.5, 0.6) is 0 Å². The predicted molar refractivity (Wildman–Crippen MR) is 82.5 cm³/mol. The molecule has 0 saturated heterocycles. The standard InChI is InChI=1S/C16H22O8/c17-5-1-2-14(20)13-10-11(15(21)23-8-6-18)3-4-12(13)16(22)24-9-7-19/h3-4,10,14,17-20H,1-2,5-9H2. The highest BCUT2D eigenvalue weighted by molar-refractivity contribution is 5.95. The van der Waals surface area contributed by atoms with Gasteiger partial charge in [0.1, 0.15) is 13.2 Å². The Morgan fingerprint density at radius 1 is 0.958 bits per heavy atom. The van der Waals surface area contributed by atoms with Crippen molar-refractivity contribution in [1.82, 2.24) is 0 Å². The lowest BCUT2D eigenvalue weighted by molar-refractivity contribution is 0.0415. The van der Waals surface area contributed by atoms with Crippen molar-refractivity contribution >= 4 is 11.9 Å². The van der Waals surface area contributed by atoms with Crippen LogP contribution in [0.2, 0.25) is 0 Å². The lowest BCUT2D eigenvalue weighted by Crippen LogP contribution is -2.15. The number of rotatable bonds is 10. The van der Waals surface area contributed by atoms with Crippen molar-refractivity contribution in [2.45, 2.75) is 18.9 Å². The normalized spacial score (nSPS) is 11.8. The maximum atomic E-state index is 12.0. The zero-order valence-electron chi connectivity index (χ0n) is 13.2. The SMILES string of the molecule is O=C(OCCO)c1ccc(C(=O)OCCO)c(C(O)CCCO)c1. The number of benzene rings is 1. The molecule has 134 valence electrons. The Kier molecular flexibility index (Phi) is 8.95. The Bertz CT molecular complexity index is 543. The molecule has 0 aliphatic carbocycles. The number of ether oxygens (including phenoxy) is 2. The van der Waals surface area contributed by atoms with Gasteiger partial charge < -0.3 is 29.9 Å². The number of hydrogen-bond acceptors (Lipinski definition) is 8. The monoisotopic (exact) mass is 342 g/mol. The Morgan fingerprint density at radius 3 is 2.17 bits per heavy atom. The van der Waals surface area contributed by atoms with E-state index in [-0.39, 0.29) is 56.1 Å². The number of hydrogen-bond donors (Lipinski definition) is 4. The summed E-state index contributed by atoms with van der Waals surface area (Å²) in [6, 6.07) is 3.99. The zero-order valence-corrected chi connectivity index (χ0v) is 13.2. The minimum Gasteiger partial charge on any atom is -0.460 e. The van der Waals surface area contributed by atoms with Gasteiger partial charge in [-0.3, -0.25) is 0 Å². The summed E-state index contributed by atoms with van der Waals surface area (Å²) in [5, 5.41) is 36.5. The van der Waals surface area contributed by atoms with Gasteiger partial charge in [-0.05, 0) is 36.6 Å². The van der Waals surface area contributed by atoms with E-state index in [1.54, 1.807) is 0 Å². The molecule has 1 unspecified atom stereocenters. The van der Waals surface area contributed by atoms with E-state index in [1.165, 1.54) is 18.2 Å². The minimum atomic E-state index is -1.08. The van der Waals surface area contributed by atoms with Crippen molar-refractivity contribution < 1.29 is 39.5 Å². The van der Waals surface area contributed by atoms with Gasteiger partial charge in [0, 0.05) is 6.61 Å². The van der Waals surface area contributed by atoms with Crippen LogP contribution in [-0.2, 0) is 9.47 Å². The molecule has 1 aromatic carbocycles. The highest BCUT2D eigenvalue weighted by Crippen LogP contribution is 2.25. The molecule has 1 rings (SSSR count). The maximum absolute atomic E-state index is 12.0. The molecule has 0 spiro atoms. The molecule has 4 N–H and O–H groups in total. The van der Waals surface area contributed by atoms with E-state index in [1.807, 2.05) is 0 Å². The van der Waals surface area contributed by atoms with Gasteiger partial charge in [0.05, 0.1) is 30.4 Å². The molecule has 24 heavy (non-hydrogen) atoms. The van der Waals surface area contributed by atoms with Gasteiger partial charge in [-0.2, -0.15) is 0 Å². The molecular weight excluding hydrogens is 320 g/mol. The van der Waals surface area contributed by atoms with Crippen molar-refractivity contribution in [2.24, 2.45) is 0 Å². The van der Waals surface area contributed by atoms with Crippen LogP contribution in [-0.4, -0.2) is 65.4 Å². The summed E-state index contributed by atoms with van der Waals surface area (Å²) in [5.74, 6) is -1.44. The maximum Gasteiger partial charge on any atom is 0.338 e. The molecule has 0 bridgehead atoms. The first kappa shape index (κ1) is 20.0. The fourth-order valence-corrected chi connectivity index (χ4v) is 2.03. The van der Waals surface area contributed by atoms with Crippen LogP contribution in [0, 0.1) is 0 Å². The van der Waals surface area contributed by atoms with Crippen LogP contribution in [0.15, 0.2) is 18.2 Å². The number of aliphatic hydroxyl groups excluding tert-OH is 4. The van der Waals surface area contributed by atoms with Crippen LogP contribution < -0.4 is 0 Å². The van der Waals surface area contributed by atoms with Gasteiger partial charge in [-0.25, -0.2) is 9.59 Å². The first-order valence-electron chi connectivity index (χ1n) is 7.54. The third-order valence-corrected chi connectivity index (χ3v) is 3.15. The summed E-state index contributed by atoms with van der Waals surface area (Å²) in [4.78, 5) is 23.9. The van der Waals surface area contributed by atoms with Crippen molar-refractivity contribution in [3.63, 3.8) is 0 Å². The molecule has 0 aromatic heterocycles. The fourth-order valence-electron chi connectivity index (χ4n) is 2.03. The van der Waals surface area contributed by atoms with E-state index in [0.29, 0.717) is 6.42 Å². The third-order valence-electron chi connectivity index (χ3n) is 3.15. The molecule has 8 nitrogen and oxygen atoms in total. The molecule has 1 atom stereocenters. The summed E-state index contributed by atoms with van der Waals surface area (Å²) >= 11 is 0. The van der Waals surface area contributed by atoms with E-state index in [4.69, 9.17) is 24.8 Å². The molecular formula is C16H22O8. The summed E-state index contributed by atoms with van der Waals surface area (Å²) < 4.78 is 9.64. The van der Waals surface area contributed by atoms with E-state index in [2.05, 4.69) is 0 Å². The second-order valence-electron chi connectivity index (χ2n) is 4.90. The summed E-state index contributed by atoms with van der Waals surface area (Å²) in [7, 11) is 0. The number of aliphatic hydroxyl groups is 4. The second kappa shape index (κ2) is 10.7. The third kappa shape index (κ3) is 5.89. The summed E-state index contributed by atoms with van der Waals surface area (Å²) in [6.45, 7) is -1.13. The van der Waals surface area contributed by atoms with Gasteiger partial charge in [-0.1, -0.05) is 0 Å². The Labute approximate surface area is 139 Å². The van der Waals surface area contributed by atoms with Gasteiger partial charge in [-0.15, -0.1) is 0 Å². The Morgan fingerprint density at radius 2 is 1.58 bits per heavy atom. The smallest absolute Gasteiger partial charge is 0.338 e. The van der Waals surface area contributed by atoms with Crippen LogP contribution in [0.25, 0.3) is 0 Å². The van der Waals surface area contributed by atoms with Gasteiger partial charge in [0.15, 0.2) is 0 Å². The van der Waals surface area contributed by atoms with Crippen molar-refractivity contribution in [3.05, 3.63) is 34.9 Å². The quantitative estimate of drug-likeness (QED) is 0.429. The second-order valence-corrected chi connectivity index (χ2v) is 4.90. The summed E-state index contributed by atoms with van der Waals surface area (Å²) in [5.41, 5.74) is 0.345. The number of esters is 2. The van der Waals surface area contributed by atoms with Crippen molar-refractivity contribution in [1.29, 1.82) is 0 Å². The topological polar surface area (TPSA) is 134 Å². The van der Waals surface area contributed by atoms with Gasteiger partial charge in [0.25, 0.3) is 0 Å². The molecule has 1 aromatic rings. The molecule has 0 fully saturated rings. The Hall–Kier alpha value is -2.00. The summed E-state index contributed by atoms with van der Waals surface area (Å²) in [6.07, 6.45) is -0.586. The highest BCUT2D eigenvalue weighted by atomic mass is 16.5. The van der Waals surface area contributed by atoms with Crippen LogP contribution in [0.1, 0.15) is 45.2 Å². The first-order chi connectivity index (χ1) is 11.5. The number of carbonyl (C=O) groups is 2. The van der Waals surface area contributed by atoms with E-state index in [0.717, 1.165) is 0 Å². The van der Waals surface area contributed by atoms with E-state index in [9.17, 15) is 14.7 Å². The lowest BCUT2D eigenvalue weighted by Gasteiger charge is -2.16. The Balaban J connectivity index is 3.08. The first-order valence-corrected chi connectivity index (χ1v) is 7.54. The average Bonchev–Trinajstić information content (AvgIpc) is 2.61. The highest BCUT2D eigenvalue weighted by Gasteiger charge is 2.21. The lowest BCUT2D eigenvalue weighted by atomic mass is 9.96. The largest absolute Gasteiger partial charge is 0.460 e. The average molecular weight is 342 g/mol. The van der Waals surface area contributed by atoms with Gasteiger partial charge >= 0.3 is 11.9 Å². The van der Waals surface area contributed by atoms with Crippen molar-refractivity contribution in [3.8, 4) is 0 Å². The minimum absolute atomic E-state index is 0.0626. The van der Waals surface area contributed by atoms with Crippen LogP contribution >= 0.6 is 0 Å². The fraction of sp³-hybridized carbons (Fsp3) is 0.500. The molecule has 0 amide bonds. The predicted octanol–water partition coefficient (Wildman–Crippen LogP) is -0.209.